The van der Waals surface area contributed by atoms with Crippen LogP contribution in [0.3, 0.4) is 0 Å². The van der Waals surface area contributed by atoms with Crippen molar-refractivity contribution in [3.63, 3.8) is 0 Å². The molecular formula is C18H20N2O4. The Morgan fingerprint density at radius 1 is 1.08 bits per heavy atom. The Labute approximate surface area is 140 Å². The molecule has 126 valence electrons. The molecule has 0 saturated carbocycles. The highest BCUT2D eigenvalue weighted by molar-refractivity contribution is 5.95. The van der Waals surface area contributed by atoms with Gasteiger partial charge in [0.15, 0.2) is 0 Å². The molecule has 6 heteroatoms. The summed E-state index contributed by atoms with van der Waals surface area (Å²) in [5.74, 6) is 0.586. The lowest BCUT2D eigenvalue weighted by atomic mass is 10.2. The van der Waals surface area contributed by atoms with Crippen LogP contribution in [-0.4, -0.2) is 24.5 Å². The van der Waals surface area contributed by atoms with Gasteiger partial charge in [0.25, 0.3) is 5.91 Å². The van der Waals surface area contributed by atoms with E-state index in [2.05, 4.69) is 10.6 Å². The van der Waals surface area contributed by atoms with Crippen molar-refractivity contribution < 1.29 is 18.7 Å². The summed E-state index contributed by atoms with van der Waals surface area (Å²) in [5, 5.41) is 5.64. The largest absolute Gasteiger partial charge is 0.469 e. The summed E-state index contributed by atoms with van der Waals surface area (Å²) in [6.07, 6.45) is 3.83. The van der Waals surface area contributed by atoms with E-state index in [4.69, 9.17) is 9.15 Å². The number of benzene rings is 1. The molecule has 1 aliphatic rings. The average molecular weight is 328 g/mol. The van der Waals surface area contributed by atoms with Crippen LogP contribution < -0.4 is 10.6 Å². The number of amides is 2. The van der Waals surface area contributed by atoms with Crippen LogP contribution in [-0.2, 0) is 20.7 Å². The summed E-state index contributed by atoms with van der Waals surface area (Å²) < 4.78 is 10.5. The predicted octanol–water partition coefficient (Wildman–Crippen LogP) is 2.97. The van der Waals surface area contributed by atoms with Crippen LogP contribution in [0.25, 0.3) is 0 Å². The standard InChI is InChI=1S/C18H20N2O4/c21-17(10-9-15-3-1-11-23-15)19-13-5-7-14(8-6-13)20-18(22)16-4-2-12-24-16/h1,3,5-8,11,16H,2,4,9-10,12H2,(H,19,21)(H,20,22)/t16-/m0/s1. The van der Waals surface area contributed by atoms with Crippen molar-refractivity contribution in [3.8, 4) is 0 Å². The van der Waals surface area contributed by atoms with Crippen LogP contribution in [0.4, 0.5) is 11.4 Å². The molecule has 3 rings (SSSR count). The summed E-state index contributed by atoms with van der Waals surface area (Å²) >= 11 is 0. The fourth-order valence-electron chi connectivity index (χ4n) is 2.56. The summed E-state index contributed by atoms with van der Waals surface area (Å²) in [5.41, 5.74) is 1.37. The lowest BCUT2D eigenvalue weighted by Gasteiger charge is -2.11. The maximum Gasteiger partial charge on any atom is 0.253 e. The van der Waals surface area contributed by atoms with Crippen LogP contribution in [0.2, 0.25) is 0 Å². The quantitative estimate of drug-likeness (QED) is 0.854. The van der Waals surface area contributed by atoms with Gasteiger partial charge in [-0.2, -0.15) is 0 Å². The minimum Gasteiger partial charge on any atom is -0.469 e. The lowest BCUT2D eigenvalue weighted by molar-refractivity contribution is -0.124. The number of ether oxygens (including phenoxy) is 1. The number of aryl methyl sites for hydroxylation is 1. The van der Waals surface area contributed by atoms with Crippen molar-refractivity contribution in [2.24, 2.45) is 0 Å². The van der Waals surface area contributed by atoms with Gasteiger partial charge >= 0.3 is 0 Å². The van der Waals surface area contributed by atoms with Gasteiger partial charge in [0, 0.05) is 30.8 Å². The third kappa shape index (κ3) is 4.45. The molecule has 0 aliphatic carbocycles. The van der Waals surface area contributed by atoms with E-state index in [0.29, 0.717) is 30.8 Å². The number of hydrogen-bond acceptors (Lipinski definition) is 4. The smallest absolute Gasteiger partial charge is 0.253 e. The third-order valence-electron chi connectivity index (χ3n) is 3.84. The fourth-order valence-corrected chi connectivity index (χ4v) is 2.56. The lowest BCUT2D eigenvalue weighted by Crippen LogP contribution is -2.26. The van der Waals surface area contributed by atoms with Crippen LogP contribution in [0.1, 0.15) is 25.0 Å². The molecule has 0 spiro atoms. The Morgan fingerprint density at radius 3 is 2.46 bits per heavy atom. The first kappa shape index (κ1) is 16.3. The normalized spacial score (nSPS) is 16.8. The van der Waals surface area contributed by atoms with Gasteiger partial charge in [-0.05, 0) is 49.2 Å². The van der Waals surface area contributed by atoms with Crippen molar-refractivity contribution in [3.05, 3.63) is 48.4 Å². The number of anilines is 2. The van der Waals surface area contributed by atoms with Crippen molar-refractivity contribution in [1.82, 2.24) is 0 Å². The molecule has 2 heterocycles. The molecule has 2 amide bonds. The first-order valence-electron chi connectivity index (χ1n) is 8.05. The SMILES string of the molecule is O=C(CCc1ccco1)Nc1ccc(NC(=O)[C@@H]2CCCO2)cc1. The van der Waals surface area contributed by atoms with Gasteiger partial charge in [0.1, 0.15) is 11.9 Å². The topological polar surface area (TPSA) is 80.6 Å². The second kappa shape index (κ2) is 7.79. The highest BCUT2D eigenvalue weighted by Crippen LogP contribution is 2.17. The third-order valence-corrected chi connectivity index (χ3v) is 3.84. The van der Waals surface area contributed by atoms with Gasteiger partial charge < -0.3 is 19.8 Å². The zero-order chi connectivity index (χ0) is 16.8. The highest BCUT2D eigenvalue weighted by Gasteiger charge is 2.23. The minimum absolute atomic E-state index is 0.0810. The van der Waals surface area contributed by atoms with Crippen molar-refractivity contribution in [1.29, 1.82) is 0 Å². The van der Waals surface area contributed by atoms with E-state index in [9.17, 15) is 9.59 Å². The maximum absolute atomic E-state index is 12.0. The zero-order valence-corrected chi connectivity index (χ0v) is 13.3. The van der Waals surface area contributed by atoms with E-state index in [1.807, 2.05) is 6.07 Å². The van der Waals surface area contributed by atoms with Crippen LogP contribution in [0, 0.1) is 0 Å². The molecule has 1 atom stereocenters. The number of carbonyl (C=O) groups is 2. The Hall–Kier alpha value is -2.60. The summed E-state index contributed by atoms with van der Waals surface area (Å²) in [6.45, 7) is 0.640. The van der Waals surface area contributed by atoms with E-state index < -0.39 is 0 Å². The monoisotopic (exact) mass is 328 g/mol. The molecule has 1 aromatic carbocycles. The van der Waals surface area contributed by atoms with Crippen molar-refractivity contribution >= 4 is 23.2 Å². The Balaban J connectivity index is 1.46. The summed E-state index contributed by atoms with van der Waals surface area (Å²) in [6, 6.07) is 10.7. The van der Waals surface area contributed by atoms with Gasteiger partial charge in [0.2, 0.25) is 5.91 Å². The predicted molar refractivity (Wildman–Crippen MR) is 89.7 cm³/mol. The van der Waals surface area contributed by atoms with Crippen molar-refractivity contribution in [2.45, 2.75) is 31.8 Å². The summed E-state index contributed by atoms with van der Waals surface area (Å²) in [7, 11) is 0. The maximum atomic E-state index is 12.0. The van der Waals surface area contributed by atoms with E-state index in [0.717, 1.165) is 18.6 Å². The summed E-state index contributed by atoms with van der Waals surface area (Å²) in [4.78, 5) is 23.9. The molecule has 2 N–H and O–H groups in total. The second-order valence-electron chi connectivity index (χ2n) is 5.70. The molecule has 1 saturated heterocycles. The van der Waals surface area contributed by atoms with Gasteiger partial charge in [-0.25, -0.2) is 0 Å². The second-order valence-corrected chi connectivity index (χ2v) is 5.70. The molecular weight excluding hydrogens is 308 g/mol. The number of nitrogens with one attached hydrogen (secondary N) is 2. The molecule has 0 bridgehead atoms. The Morgan fingerprint density at radius 2 is 1.83 bits per heavy atom. The van der Waals surface area contributed by atoms with Gasteiger partial charge in [-0.3, -0.25) is 9.59 Å². The molecule has 0 radical (unpaired) electrons. The molecule has 2 aromatic rings. The van der Waals surface area contributed by atoms with Gasteiger partial charge in [-0.1, -0.05) is 0 Å². The minimum atomic E-state index is -0.356. The van der Waals surface area contributed by atoms with Crippen LogP contribution >= 0.6 is 0 Å². The molecule has 6 nitrogen and oxygen atoms in total. The van der Waals surface area contributed by atoms with Crippen LogP contribution in [0.15, 0.2) is 47.1 Å². The van der Waals surface area contributed by atoms with Gasteiger partial charge in [-0.15, -0.1) is 0 Å². The van der Waals surface area contributed by atoms with Crippen LogP contribution in [0.5, 0.6) is 0 Å². The zero-order valence-electron chi connectivity index (χ0n) is 13.3. The number of rotatable bonds is 6. The molecule has 1 fully saturated rings. The number of hydrogen-bond donors (Lipinski definition) is 2. The van der Waals surface area contributed by atoms with E-state index >= 15 is 0 Å². The van der Waals surface area contributed by atoms with E-state index in [1.165, 1.54) is 0 Å². The first-order chi connectivity index (χ1) is 11.7. The van der Waals surface area contributed by atoms with E-state index in [1.54, 1.807) is 36.6 Å². The van der Waals surface area contributed by atoms with Gasteiger partial charge in [0.05, 0.1) is 6.26 Å². The Bertz CT molecular complexity index is 674. The molecule has 1 aromatic heterocycles. The highest BCUT2D eigenvalue weighted by atomic mass is 16.5. The molecule has 24 heavy (non-hydrogen) atoms. The average Bonchev–Trinajstić information content (AvgIpc) is 3.28. The fraction of sp³-hybridized carbons (Fsp3) is 0.333. The number of carbonyl (C=O) groups excluding carboxylic acids is 2. The Kier molecular flexibility index (Phi) is 5.28. The first-order valence-corrected chi connectivity index (χ1v) is 8.05. The molecule has 0 unspecified atom stereocenters. The number of furan rings is 1. The molecule has 1 aliphatic heterocycles. The van der Waals surface area contributed by atoms with E-state index in [-0.39, 0.29) is 17.9 Å². The van der Waals surface area contributed by atoms with Crippen molar-refractivity contribution in [2.75, 3.05) is 17.2 Å².